The molecule has 0 aromatic heterocycles. The molecule has 0 aliphatic heterocycles. The lowest BCUT2D eigenvalue weighted by Crippen LogP contribution is -2.38. The molecule has 156 valence electrons. The summed E-state index contributed by atoms with van der Waals surface area (Å²) in [5, 5.41) is 3.19. The van der Waals surface area contributed by atoms with Crippen LogP contribution in [0.2, 0.25) is 5.02 Å². The minimum Gasteiger partial charge on any atom is -0.324 e. The van der Waals surface area contributed by atoms with Gasteiger partial charge in [0, 0.05) is 10.7 Å². The van der Waals surface area contributed by atoms with E-state index in [2.05, 4.69) is 5.32 Å². The standard InChI is InChI=1S/C23H23ClN2O3S/c1-16-7-11-22(12-8-16)30(28,29)26(21-10-9-17(2)18(3)13-21)15-23(27)25-20-6-4-5-19(24)14-20/h4-14H,15H2,1-3H3,(H,25,27). The van der Waals surface area contributed by atoms with E-state index in [0.29, 0.717) is 16.4 Å². The molecule has 0 atom stereocenters. The highest BCUT2D eigenvalue weighted by Gasteiger charge is 2.27. The molecule has 0 bridgehead atoms. The zero-order chi connectivity index (χ0) is 21.9. The highest BCUT2D eigenvalue weighted by Crippen LogP contribution is 2.26. The van der Waals surface area contributed by atoms with Crippen LogP contribution in [0.25, 0.3) is 0 Å². The van der Waals surface area contributed by atoms with Crippen LogP contribution in [0.15, 0.2) is 71.6 Å². The van der Waals surface area contributed by atoms with Crippen molar-refractivity contribution in [2.75, 3.05) is 16.2 Å². The number of sulfonamides is 1. The molecule has 0 unspecified atom stereocenters. The van der Waals surface area contributed by atoms with Gasteiger partial charge in [-0.1, -0.05) is 41.4 Å². The van der Waals surface area contributed by atoms with E-state index in [4.69, 9.17) is 11.6 Å². The van der Waals surface area contributed by atoms with E-state index in [1.54, 1.807) is 60.7 Å². The fourth-order valence-corrected chi connectivity index (χ4v) is 4.53. The van der Waals surface area contributed by atoms with Crippen molar-refractivity contribution in [3.63, 3.8) is 0 Å². The largest absolute Gasteiger partial charge is 0.324 e. The van der Waals surface area contributed by atoms with Crippen molar-refractivity contribution in [1.29, 1.82) is 0 Å². The Bertz CT molecular complexity index is 1180. The van der Waals surface area contributed by atoms with Crippen LogP contribution in [0.1, 0.15) is 16.7 Å². The first-order valence-corrected chi connectivity index (χ1v) is 11.2. The summed E-state index contributed by atoms with van der Waals surface area (Å²) < 4.78 is 27.9. The van der Waals surface area contributed by atoms with E-state index in [9.17, 15) is 13.2 Å². The second-order valence-electron chi connectivity index (χ2n) is 7.15. The molecule has 1 amide bonds. The molecular weight excluding hydrogens is 420 g/mol. The van der Waals surface area contributed by atoms with Gasteiger partial charge in [0.2, 0.25) is 5.91 Å². The van der Waals surface area contributed by atoms with Crippen molar-refractivity contribution < 1.29 is 13.2 Å². The normalized spacial score (nSPS) is 11.2. The smallest absolute Gasteiger partial charge is 0.264 e. The maximum Gasteiger partial charge on any atom is 0.264 e. The molecule has 0 aliphatic carbocycles. The number of amides is 1. The highest BCUT2D eigenvalue weighted by atomic mass is 35.5. The van der Waals surface area contributed by atoms with Crippen molar-refractivity contribution in [2.45, 2.75) is 25.7 Å². The Morgan fingerprint density at radius 3 is 2.27 bits per heavy atom. The van der Waals surface area contributed by atoms with Crippen LogP contribution < -0.4 is 9.62 Å². The SMILES string of the molecule is Cc1ccc(S(=O)(=O)N(CC(=O)Nc2cccc(Cl)c2)c2ccc(C)c(C)c2)cc1. The molecule has 0 saturated heterocycles. The summed E-state index contributed by atoms with van der Waals surface area (Å²) in [6, 6.07) is 18.6. The van der Waals surface area contributed by atoms with E-state index >= 15 is 0 Å². The van der Waals surface area contributed by atoms with Gasteiger partial charge in [-0.15, -0.1) is 0 Å². The molecule has 3 rings (SSSR count). The average Bonchev–Trinajstić information content (AvgIpc) is 2.68. The maximum atomic E-state index is 13.4. The first-order chi connectivity index (χ1) is 14.2. The number of carbonyl (C=O) groups excluding carboxylic acids is 1. The lowest BCUT2D eigenvalue weighted by molar-refractivity contribution is -0.114. The van der Waals surface area contributed by atoms with E-state index in [1.165, 1.54) is 0 Å². The van der Waals surface area contributed by atoms with Gasteiger partial charge in [-0.3, -0.25) is 9.10 Å². The summed E-state index contributed by atoms with van der Waals surface area (Å²) in [5.74, 6) is -0.466. The number of nitrogens with one attached hydrogen (secondary N) is 1. The van der Waals surface area contributed by atoms with Gasteiger partial charge < -0.3 is 5.32 Å². The molecule has 0 heterocycles. The third-order valence-electron chi connectivity index (χ3n) is 4.78. The first kappa shape index (κ1) is 21.9. The van der Waals surface area contributed by atoms with Crippen LogP contribution in [-0.2, 0) is 14.8 Å². The van der Waals surface area contributed by atoms with Crippen LogP contribution in [0, 0.1) is 20.8 Å². The number of nitrogens with zero attached hydrogens (tertiary/aromatic N) is 1. The van der Waals surface area contributed by atoms with Crippen LogP contribution in [-0.4, -0.2) is 20.9 Å². The van der Waals surface area contributed by atoms with Crippen LogP contribution in [0.5, 0.6) is 0 Å². The molecular formula is C23H23ClN2O3S. The summed E-state index contributed by atoms with van der Waals surface area (Å²) in [7, 11) is -3.95. The molecule has 0 spiro atoms. The maximum absolute atomic E-state index is 13.4. The number of hydrogen-bond acceptors (Lipinski definition) is 3. The third kappa shape index (κ3) is 5.01. The molecule has 7 heteroatoms. The van der Waals surface area contributed by atoms with Crippen LogP contribution in [0.4, 0.5) is 11.4 Å². The van der Waals surface area contributed by atoms with E-state index in [1.807, 2.05) is 26.8 Å². The van der Waals surface area contributed by atoms with Crippen molar-refractivity contribution >= 4 is 38.9 Å². The van der Waals surface area contributed by atoms with Gasteiger partial charge in [0.05, 0.1) is 10.6 Å². The van der Waals surface area contributed by atoms with Crippen LogP contribution in [0.3, 0.4) is 0 Å². The van der Waals surface area contributed by atoms with Gasteiger partial charge >= 0.3 is 0 Å². The second-order valence-corrected chi connectivity index (χ2v) is 9.45. The van der Waals surface area contributed by atoms with E-state index in [0.717, 1.165) is 21.0 Å². The molecule has 0 fully saturated rings. The monoisotopic (exact) mass is 442 g/mol. The quantitative estimate of drug-likeness (QED) is 0.577. The van der Waals surface area contributed by atoms with Gasteiger partial charge in [0.1, 0.15) is 6.54 Å². The fourth-order valence-electron chi connectivity index (χ4n) is 2.93. The predicted octanol–water partition coefficient (Wildman–Crippen LogP) is 5.10. The minimum absolute atomic E-state index is 0.127. The molecule has 3 aromatic carbocycles. The number of benzene rings is 3. The predicted molar refractivity (Wildman–Crippen MR) is 122 cm³/mol. The molecule has 0 saturated carbocycles. The number of hydrogen-bond donors (Lipinski definition) is 1. The van der Waals surface area contributed by atoms with Crippen LogP contribution >= 0.6 is 11.6 Å². The lowest BCUT2D eigenvalue weighted by atomic mass is 10.1. The highest BCUT2D eigenvalue weighted by molar-refractivity contribution is 7.92. The molecule has 30 heavy (non-hydrogen) atoms. The second kappa shape index (κ2) is 8.90. The number of aryl methyl sites for hydroxylation is 3. The Hall–Kier alpha value is -2.83. The Labute approximate surface area is 182 Å². The summed E-state index contributed by atoms with van der Waals surface area (Å²) in [4.78, 5) is 12.9. The van der Waals surface area contributed by atoms with Gasteiger partial charge in [0.25, 0.3) is 10.0 Å². The zero-order valence-electron chi connectivity index (χ0n) is 17.0. The van der Waals surface area contributed by atoms with Gasteiger partial charge in [0.15, 0.2) is 0 Å². The van der Waals surface area contributed by atoms with Gasteiger partial charge in [-0.2, -0.15) is 0 Å². The Morgan fingerprint density at radius 1 is 0.933 bits per heavy atom. The van der Waals surface area contributed by atoms with Gasteiger partial charge in [-0.05, 0) is 74.4 Å². The minimum atomic E-state index is -3.95. The number of rotatable bonds is 6. The Balaban J connectivity index is 1.97. The lowest BCUT2D eigenvalue weighted by Gasteiger charge is -2.25. The van der Waals surface area contributed by atoms with Crippen molar-refractivity contribution in [3.05, 3.63) is 88.4 Å². The molecule has 5 nitrogen and oxygen atoms in total. The first-order valence-electron chi connectivity index (χ1n) is 9.39. The fraction of sp³-hybridized carbons (Fsp3) is 0.174. The summed E-state index contributed by atoms with van der Waals surface area (Å²) in [6.07, 6.45) is 0. The van der Waals surface area contributed by atoms with E-state index < -0.39 is 15.9 Å². The Kier molecular flexibility index (Phi) is 6.48. The topological polar surface area (TPSA) is 66.5 Å². The molecule has 3 aromatic rings. The Morgan fingerprint density at radius 2 is 1.63 bits per heavy atom. The number of carbonyl (C=O) groups is 1. The van der Waals surface area contributed by atoms with Crippen molar-refractivity contribution in [1.82, 2.24) is 0 Å². The molecule has 0 aliphatic rings. The van der Waals surface area contributed by atoms with E-state index in [-0.39, 0.29) is 11.4 Å². The summed E-state index contributed by atoms with van der Waals surface area (Å²) in [5.41, 5.74) is 3.85. The summed E-state index contributed by atoms with van der Waals surface area (Å²) >= 11 is 5.97. The average molecular weight is 443 g/mol. The van der Waals surface area contributed by atoms with Gasteiger partial charge in [-0.25, -0.2) is 8.42 Å². The van der Waals surface area contributed by atoms with Crippen molar-refractivity contribution in [3.8, 4) is 0 Å². The molecule has 1 N–H and O–H groups in total. The summed E-state index contributed by atoms with van der Waals surface area (Å²) in [6.45, 7) is 5.37. The third-order valence-corrected chi connectivity index (χ3v) is 6.81. The molecule has 0 radical (unpaired) electrons. The number of halogens is 1. The zero-order valence-corrected chi connectivity index (χ0v) is 18.6. The number of anilines is 2. The van der Waals surface area contributed by atoms with Crippen molar-refractivity contribution in [2.24, 2.45) is 0 Å².